The van der Waals surface area contributed by atoms with Crippen molar-refractivity contribution < 1.29 is 0 Å². The lowest BCUT2D eigenvalue weighted by atomic mass is 9.80. The Morgan fingerprint density at radius 1 is 1.11 bits per heavy atom. The summed E-state index contributed by atoms with van der Waals surface area (Å²) in [5.74, 6) is 1.72. The Kier molecular flexibility index (Phi) is 1.18. The fourth-order valence-corrected chi connectivity index (χ4v) is 1.62. The molecular formula is C9H12. The van der Waals surface area contributed by atoms with E-state index in [4.69, 9.17) is 0 Å². The average Bonchev–Trinajstić information content (AvgIpc) is 1.94. The van der Waals surface area contributed by atoms with Gasteiger partial charge in [-0.25, -0.2) is 0 Å². The highest BCUT2D eigenvalue weighted by atomic mass is 14.3. The van der Waals surface area contributed by atoms with Gasteiger partial charge in [0.05, 0.1) is 0 Å². The van der Waals surface area contributed by atoms with E-state index in [0.29, 0.717) is 0 Å². The standard InChI is InChI=1S/C9H12/c1-2-4-8-6-7-9(8)5-3-1/h2,4,6-9H,1,3,5H2. The Bertz CT molecular complexity index is 153. The van der Waals surface area contributed by atoms with E-state index in [-0.39, 0.29) is 0 Å². The van der Waals surface area contributed by atoms with Gasteiger partial charge in [-0.2, -0.15) is 0 Å². The molecule has 48 valence electrons. The molecule has 0 radical (unpaired) electrons. The largest absolute Gasteiger partial charge is 0.0879 e. The van der Waals surface area contributed by atoms with Crippen LogP contribution >= 0.6 is 0 Å². The molecule has 0 heteroatoms. The first kappa shape index (κ1) is 5.28. The average molecular weight is 120 g/mol. The Hall–Kier alpha value is -0.520. The van der Waals surface area contributed by atoms with Crippen LogP contribution in [0.3, 0.4) is 0 Å². The second-order valence-electron chi connectivity index (χ2n) is 2.99. The van der Waals surface area contributed by atoms with Crippen LogP contribution in [0.15, 0.2) is 24.3 Å². The highest BCUT2D eigenvalue weighted by Gasteiger charge is 2.21. The molecule has 0 aliphatic heterocycles. The minimum atomic E-state index is 0.812. The summed E-state index contributed by atoms with van der Waals surface area (Å²) in [5.41, 5.74) is 0. The van der Waals surface area contributed by atoms with Crippen LogP contribution in [-0.2, 0) is 0 Å². The van der Waals surface area contributed by atoms with Crippen LogP contribution in [0.1, 0.15) is 19.3 Å². The zero-order valence-corrected chi connectivity index (χ0v) is 5.59. The molecule has 2 aliphatic carbocycles. The monoisotopic (exact) mass is 120 g/mol. The fraction of sp³-hybridized carbons (Fsp3) is 0.556. The smallest absolute Gasteiger partial charge is 0.000948 e. The first-order valence-corrected chi connectivity index (χ1v) is 3.82. The quantitative estimate of drug-likeness (QED) is 0.431. The molecule has 2 aliphatic rings. The maximum absolute atomic E-state index is 2.36. The van der Waals surface area contributed by atoms with Crippen LogP contribution < -0.4 is 0 Å². The van der Waals surface area contributed by atoms with Gasteiger partial charge in [-0.05, 0) is 25.2 Å². The number of allylic oxidation sites excluding steroid dienone is 4. The molecule has 0 N–H and O–H groups in total. The van der Waals surface area contributed by atoms with E-state index in [0.717, 1.165) is 11.8 Å². The molecule has 9 heavy (non-hydrogen) atoms. The summed E-state index contributed by atoms with van der Waals surface area (Å²) >= 11 is 0. The summed E-state index contributed by atoms with van der Waals surface area (Å²) in [6, 6.07) is 0. The van der Waals surface area contributed by atoms with E-state index in [9.17, 15) is 0 Å². The zero-order chi connectivity index (χ0) is 6.10. The maximum atomic E-state index is 2.36. The lowest BCUT2D eigenvalue weighted by molar-refractivity contribution is 0.466. The van der Waals surface area contributed by atoms with Gasteiger partial charge in [-0.3, -0.25) is 0 Å². The van der Waals surface area contributed by atoms with E-state index >= 15 is 0 Å². The molecule has 0 saturated heterocycles. The van der Waals surface area contributed by atoms with Crippen LogP contribution in [0.25, 0.3) is 0 Å². The van der Waals surface area contributed by atoms with E-state index in [1.54, 1.807) is 0 Å². The fourth-order valence-electron chi connectivity index (χ4n) is 1.62. The van der Waals surface area contributed by atoms with Gasteiger partial charge in [0.1, 0.15) is 0 Å². The van der Waals surface area contributed by atoms with Crippen molar-refractivity contribution in [1.82, 2.24) is 0 Å². The van der Waals surface area contributed by atoms with Crippen molar-refractivity contribution in [2.75, 3.05) is 0 Å². The van der Waals surface area contributed by atoms with Crippen molar-refractivity contribution in [3.05, 3.63) is 24.3 Å². The maximum Gasteiger partial charge on any atom is 0.000948 e. The summed E-state index contributed by atoms with van der Waals surface area (Å²) < 4.78 is 0. The van der Waals surface area contributed by atoms with Gasteiger partial charge in [0, 0.05) is 5.92 Å². The SMILES string of the molecule is C1=CC2C=CC2CCC1. The molecule has 0 bridgehead atoms. The second kappa shape index (κ2) is 2.02. The lowest BCUT2D eigenvalue weighted by Gasteiger charge is -2.24. The van der Waals surface area contributed by atoms with Crippen LogP contribution in [0.4, 0.5) is 0 Å². The molecule has 0 saturated carbocycles. The predicted octanol–water partition coefficient (Wildman–Crippen LogP) is 2.53. The molecule has 0 aromatic heterocycles. The Balaban J connectivity index is 2.11. The third-order valence-corrected chi connectivity index (χ3v) is 2.34. The van der Waals surface area contributed by atoms with Gasteiger partial charge in [-0.15, -0.1) is 0 Å². The number of fused-ring (bicyclic) bond motifs is 1. The Morgan fingerprint density at radius 2 is 2.11 bits per heavy atom. The van der Waals surface area contributed by atoms with Crippen LogP contribution in [0, 0.1) is 11.8 Å². The summed E-state index contributed by atoms with van der Waals surface area (Å²) in [6.07, 6.45) is 13.4. The van der Waals surface area contributed by atoms with E-state index in [1.165, 1.54) is 19.3 Å². The van der Waals surface area contributed by atoms with Crippen molar-refractivity contribution in [3.8, 4) is 0 Å². The van der Waals surface area contributed by atoms with Crippen molar-refractivity contribution in [1.29, 1.82) is 0 Å². The number of hydrogen-bond donors (Lipinski definition) is 0. The highest BCUT2D eigenvalue weighted by molar-refractivity contribution is 5.17. The van der Waals surface area contributed by atoms with E-state index < -0.39 is 0 Å². The van der Waals surface area contributed by atoms with Gasteiger partial charge in [0.2, 0.25) is 0 Å². The first-order chi connectivity index (χ1) is 4.47. The lowest BCUT2D eigenvalue weighted by Crippen LogP contribution is -2.14. The van der Waals surface area contributed by atoms with Gasteiger partial charge in [0.25, 0.3) is 0 Å². The first-order valence-electron chi connectivity index (χ1n) is 3.82. The molecule has 0 aromatic carbocycles. The third-order valence-electron chi connectivity index (χ3n) is 2.34. The Labute approximate surface area is 56.3 Å². The van der Waals surface area contributed by atoms with Crippen molar-refractivity contribution in [2.24, 2.45) is 11.8 Å². The predicted molar refractivity (Wildman–Crippen MR) is 39.1 cm³/mol. The van der Waals surface area contributed by atoms with Gasteiger partial charge in [0.15, 0.2) is 0 Å². The minimum Gasteiger partial charge on any atom is -0.0879 e. The highest BCUT2D eigenvalue weighted by Crippen LogP contribution is 2.33. The molecule has 0 spiro atoms. The summed E-state index contributed by atoms with van der Waals surface area (Å²) in [5, 5.41) is 0. The van der Waals surface area contributed by atoms with Crippen molar-refractivity contribution in [2.45, 2.75) is 19.3 Å². The van der Waals surface area contributed by atoms with Gasteiger partial charge in [-0.1, -0.05) is 24.3 Å². The number of rotatable bonds is 0. The normalized spacial score (nSPS) is 39.1. The number of hydrogen-bond acceptors (Lipinski definition) is 0. The molecule has 0 heterocycles. The third kappa shape index (κ3) is 0.827. The molecule has 0 nitrogen and oxygen atoms in total. The molecule has 0 amide bonds. The molecule has 0 aromatic rings. The van der Waals surface area contributed by atoms with Crippen LogP contribution in [0.2, 0.25) is 0 Å². The van der Waals surface area contributed by atoms with Crippen LogP contribution in [-0.4, -0.2) is 0 Å². The van der Waals surface area contributed by atoms with Crippen molar-refractivity contribution >= 4 is 0 Å². The summed E-state index contributed by atoms with van der Waals surface area (Å²) in [7, 11) is 0. The van der Waals surface area contributed by atoms with Crippen LogP contribution in [0.5, 0.6) is 0 Å². The molecule has 2 unspecified atom stereocenters. The van der Waals surface area contributed by atoms with Gasteiger partial charge >= 0.3 is 0 Å². The molecule has 2 rings (SSSR count). The molecule has 0 fully saturated rings. The second-order valence-corrected chi connectivity index (χ2v) is 2.99. The molecule has 2 atom stereocenters. The summed E-state index contributed by atoms with van der Waals surface area (Å²) in [4.78, 5) is 0. The minimum absolute atomic E-state index is 0.812. The van der Waals surface area contributed by atoms with E-state index in [1.807, 2.05) is 0 Å². The topological polar surface area (TPSA) is 0 Å². The molecular weight excluding hydrogens is 108 g/mol. The van der Waals surface area contributed by atoms with Gasteiger partial charge < -0.3 is 0 Å². The zero-order valence-electron chi connectivity index (χ0n) is 5.59. The van der Waals surface area contributed by atoms with Crippen molar-refractivity contribution in [3.63, 3.8) is 0 Å². The Morgan fingerprint density at radius 3 is 2.89 bits per heavy atom. The van der Waals surface area contributed by atoms with E-state index in [2.05, 4.69) is 24.3 Å². The summed E-state index contributed by atoms with van der Waals surface area (Å²) in [6.45, 7) is 0.